The van der Waals surface area contributed by atoms with Gasteiger partial charge in [0.15, 0.2) is 0 Å². The highest BCUT2D eigenvalue weighted by Gasteiger charge is 2.27. The topological polar surface area (TPSA) is 21.3 Å². The molecule has 2 heteroatoms. The molecule has 0 radical (unpaired) electrons. The van der Waals surface area contributed by atoms with E-state index in [0.29, 0.717) is 5.41 Å². The molecule has 1 atom stereocenters. The highest BCUT2D eigenvalue weighted by molar-refractivity contribution is 4.85. The zero-order valence-electron chi connectivity index (χ0n) is 9.94. The number of methoxy groups -OCH3 is 1. The molecule has 0 aliphatic heterocycles. The lowest BCUT2D eigenvalue weighted by atomic mass is 9.82. The highest BCUT2D eigenvalue weighted by Crippen LogP contribution is 2.28. The Kier molecular flexibility index (Phi) is 4.90. The van der Waals surface area contributed by atoms with Crippen LogP contribution in [0, 0.1) is 5.41 Å². The number of hydrogen-bond donors (Lipinski definition) is 1. The number of ether oxygens (including phenoxy) is 1. The third kappa shape index (κ3) is 4.43. The maximum Gasteiger partial charge on any atom is 0.0467 e. The van der Waals surface area contributed by atoms with Crippen LogP contribution in [0.3, 0.4) is 0 Å². The summed E-state index contributed by atoms with van der Waals surface area (Å²) in [6.07, 6.45) is 6.51. The molecule has 0 spiro atoms. The number of rotatable bonds is 8. The van der Waals surface area contributed by atoms with Crippen LogP contribution in [0.2, 0.25) is 0 Å². The van der Waals surface area contributed by atoms with Gasteiger partial charge in [0.2, 0.25) is 0 Å². The van der Waals surface area contributed by atoms with E-state index in [4.69, 9.17) is 4.74 Å². The first-order valence-electron chi connectivity index (χ1n) is 5.92. The molecule has 1 fully saturated rings. The molecule has 14 heavy (non-hydrogen) atoms. The summed E-state index contributed by atoms with van der Waals surface area (Å²) in [4.78, 5) is 0. The second kappa shape index (κ2) is 5.72. The molecule has 0 aromatic carbocycles. The lowest BCUT2D eigenvalue weighted by molar-refractivity contribution is 0.135. The van der Waals surface area contributed by atoms with Crippen LogP contribution in [-0.2, 0) is 4.74 Å². The van der Waals surface area contributed by atoms with Gasteiger partial charge in [-0.2, -0.15) is 0 Å². The molecule has 1 rings (SSSR count). The van der Waals surface area contributed by atoms with E-state index >= 15 is 0 Å². The minimum absolute atomic E-state index is 0.438. The lowest BCUT2D eigenvalue weighted by Crippen LogP contribution is -2.34. The van der Waals surface area contributed by atoms with Crippen molar-refractivity contribution >= 4 is 0 Å². The second-order valence-corrected chi connectivity index (χ2v) is 4.96. The van der Waals surface area contributed by atoms with Gasteiger partial charge in [-0.25, -0.2) is 0 Å². The average molecular weight is 199 g/mol. The van der Waals surface area contributed by atoms with E-state index in [1.54, 1.807) is 7.11 Å². The lowest BCUT2D eigenvalue weighted by Gasteiger charge is -2.29. The largest absolute Gasteiger partial charge is 0.385 e. The Hall–Kier alpha value is -0.0800. The molecule has 84 valence electrons. The molecule has 0 saturated heterocycles. The summed E-state index contributed by atoms with van der Waals surface area (Å²) in [5, 5.41) is 3.64. The molecule has 0 amide bonds. The van der Waals surface area contributed by atoms with Crippen LogP contribution in [0.1, 0.15) is 46.0 Å². The van der Waals surface area contributed by atoms with Crippen molar-refractivity contribution < 1.29 is 4.74 Å². The Balaban J connectivity index is 2.24. The normalized spacial score (nSPS) is 20.8. The van der Waals surface area contributed by atoms with Gasteiger partial charge in [0.1, 0.15) is 0 Å². The molecular weight excluding hydrogens is 174 g/mol. The third-order valence-corrected chi connectivity index (χ3v) is 3.16. The Morgan fingerprint density at radius 2 is 2.07 bits per heavy atom. The van der Waals surface area contributed by atoms with Gasteiger partial charge in [-0.05, 0) is 31.1 Å². The Labute approximate surface area is 88.4 Å². The van der Waals surface area contributed by atoms with Crippen LogP contribution in [-0.4, -0.2) is 26.3 Å². The minimum Gasteiger partial charge on any atom is -0.385 e. The molecule has 1 unspecified atom stereocenters. The smallest absolute Gasteiger partial charge is 0.0467 e. The highest BCUT2D eigenvalue weighted by atomic mass is 16.5. The number of nitrogens with one attached hydrogen (secondary N) is 1. The molecular formula is C12H25NO. The van der Waals surface area contributed by atoms with E-state index in [-0.39, 0.29) is 0 Å². The van der Waals surface area contributed by atoms with Crippen LogP contribution in [0.4, 0.5) is 0 Å². The molecule has 1 aliphatic carbocycles. The van der Waals surface area contributed by atoms with Gasteiger partial charge in [-0.3, -0.25) is 0 Å². The van der Waals surface area contributed by atoms with Crippen LogP contribution < -0.4 is 5.32 Å². The van der Waals surface area contributed by atoms with Gasteiger partial charge in [0.25, 0.3) is 0 Å². The second-order valence-electron chi connectivity index (χ2n) is 4.96. The quantitative estimate of drug-likeness (QED) is 0.649. The van der Waals surface area contributed by atoms with Gasteiger partial charge >= 0.3 is 0 Å². The third-order valence-electron chi connectivity index (χ3n) is 3.16. The van der Waals surface area contributed by atoms with E-state index in [2.05, 4.69) is 19.2 Å². The van der Waals surface area contributed by atoms with Crippen molar-refractivity contribution in [3.05, 3.63) is 0 Å². The maximum atomic E-state index is 5.18. The zero-order chi connectivity index (χ0) is 10.4. The summed E-state index contributed by atoms with van der Waals surface area (Å²) in [6.45, 7) is 6.70. The van der Waals surface area contributed by atoms with Gasteiger partial charge < -0.3 is 10.1 Å². The summed E-state index contributed by atoms with van der Waals surface area (Å²) in [5.74, 6) is 0. The molecule has 0 heterocycles. The molecule has 1 saturated carbocycles. The van der Waals surface area contributed by atoms with E-state index in [1.807, 2.05) is 0 Å². The standard InChI is InChI=1S/C12H25NO/c1-4-7-12(2,8-9-14-3)10-13-11-5-6-11/h11,13H,4-10H2,1-3H3. The van der Waals surface area contributed by atoms with Crippen molar-refractivity contribution in [1.82, 2.24) is 5.32 Å². The summed E-state index contributed by atoms with van der Waals surface area (Å²) in [7, 11) is 1.79. The molecule has 1 N–H and O–H groups in total. The van der Waals surface area contributed by atoms with E-state index < -0.39 is 0 Å². The van der Waals surface area contributed by atoms with Gasteiger partial charge in [0.05, 0.1) is 0 Å². The molecule has 2 nitrogen and oxygen atoms in total. The summed E-state index contributed by atoms with van der Waals surface area (Å²) in [6, 6.07) is 0.828. The summed E-state index contributed by atoms with van der Waals surface area (Å²) in [5.41, 5.74) is 0.438. The van der Waals surface area contributed by atoms with Gasteiger partial charge in [-0.15, -0.1) is 0 Å². The van der Waals surface area contributed by atoms with E-state index in [0.717, 1.165) is 19.2 Å². The average Bonchev–Trinajstić information content (AvgIpc) is 2.96. The fourth-order valence-corrected chi connectivity index (χ4v) is 1.93. The van der Waals surface area contributed by atoms with Crippen molar-refractivity contribution in [3.63, 3.8) is 0 Å². The van der Waals surface area contributed by atoms with Crippen LogP contribution in [0.25, 0.3) is 0 Å². The van der Waals surface area contributed by atoms with E-state index in [1.165, 1.54) is 32.1 Å². The predicted octanol–water partition coefficient (Wildman–Crippen LogP) is 2.58. The van der Waals surface area contributed by atoms with Crippen LogP contribution >= 0.6 is 0 Å². The Morgan fingerprint density at radius 1 is 1.36 bits per heavy atom. The Bertz CT molecular complexity index is 156. The van der Waals surface area contributed by atoms with E-state index in [9.17, 15) is 0 Å². The zero-order valence-corrected chi connectivity index (χ0v) is 9.94. The summed E-state index contributed by atoms with van der Waals surface area (Å²) >= 11 is 0. The first-order valence-corrected chi connectivity index (χ1v) is 5.92. The van der Waals surface area contributed by atoms with Crippen molar-refractivity contribution in [2.75, 3.05) is 20.3 Å². The van der Waals surface area contributed by atoms with Crippen molar-refractivity contribution in [2.24, 2.45) is 5.41 Å². The van der Waals surface area contributed by atoms with Crippen molar-refractivity contribution in [3.8, 4) is 0 Å². The van der Waals surface area contributed by atoms with Crippen LogP contribution in [0.5, 0.6) is 0 Å². The fourth-order valence-electron chi connectivity index (χ4n) is 1.93. The SMILES string of the molecule is CCCC(C)(CCOC)CNC1CC1. The molecule has 1 aliphatic rings. The summed E-state index contributed by atoms with van der Waals surface area (Å²) < 4.78 is 5.18. The van der Waals surface area contributed by atoms with Crippen molar-refractivity contribution in [2.45, 2.75) is 52.0 Å². The fraction of sp³-hybridized carbons (Fsp3) is 1.00. The molecule has 0 aromatic heterocycles. The predicted molar refractivity (Wildman–Crippen MR) is 60.5 cm³/mol. The van der Waals surface area contributed by atoms with Gasteiger partial charge in [0, 0.05) is 26.3 Å². The first-order chi connectivity index (χ1) is 6.70. The monoisotopic (exact) mass is 199 g/mol. The first kappa shape index (κ1) is 12.0. The molecule has 0 bridgehead atoms. The Morgan fingerprint density at radius 3 is 2.57 bits per heavy atom. The van der Waals surface area contributed by atoms with Crippen molar-refractivity contribution in [1.29, 1.82) is 0 Å². The van der Waals surface area contributed by atoms with Crippen LogP contribution in [0.15, 0.2) is 0 Å². The number of hydrogen-bond acceptors (Lipinski definition) is 2. The maximum absolute atomic E-state index is 5.18. The molecule has 0 aromatic rings. The van der Waals surface area contributed by atoms with Gasteiger partial charge in [-0.1, -0.05) is 20.3 Å². The minimum atomic E-state index is 0.438.